The minimum atomic E-state index is -2.29. The van der Waals surface area contributed by atoms with Crippen LogP contribution in [0.4, 0.5) is 0 Å². The first-order valence-corrected chi connectivity index (χ1v) is 23.0. The van der Waals surface area contributed by atoms with Crippen LogP contribution in [0.25, 0.3) is 32.3 Å². The lowest BCUT2D eigenvalue weighted by Gasteiger charge is -2.27. The minimum Gasteiger partial charge on any atom is -0.408 e. The lowest BCUT2D eigenvalue weighted by molar-refractivity contribution is 0.0975. The summed E-state index contributed by atoms with van der Waals surface area (Å²) in [6.07, 6.45) is 13.0. The van der Waals surface area contributed by atoms with Gasteiger partial charge in [-0.05, 0) is 59.0 Å². The van der Waals surface area contributed by atoms with Crippen molar-refractivity contribution in [2.24, 2.45) is 5.92 Å². The summed E-state index contributed by atoms with van der Waals surface area (Å²) >= 11 is 0. The highest BCUT2D eigenvalue weighted by Gasteiger charge is 2.38. The molecule has 8 aromatic carbocycles. The van der Waals surface area contributed by atoms with Gasteiger partial charge in [0.1, 0.15) is 34.5 Å². The van der Waals surface area contributed by atoms with Gasteiger partial charge in [-0.1, -0.05) is 164 Å². The summed E-state index contributed by atoms with van der Waals surface area (Å²) in [5.41, 5.74) is 1.50. The number of carbonyl (C=O) groups excluding carboxylic acids is 2. The summed E-state index contributed by atoms with van der Waals surface area (Å²) in [5, 5.41) is 5.50. The predicted octanol–water partition coefficient (Wildman–Crippen LogP) is 14.3. The molecule has 0 fully saturated rings. The highest BCUT2D eigenvalue weighted by atomic mass is 31.2. The van der Waals surface area contributed by atoms with Crippen LogP contribution in [0.1, 0.15) is 38.3 Å². The predicted molar refractivity (Wildman–Crippen MR) is 252 cm³/mol. The van der Waals surface area contributed by atoms with Crippen LogP contribution in [0.15, 0.2) is 212 Å². The second-order valence-electron chi connectivity index (χ2n) is 15.3. The van der Waals surface area contributed by atoms with Crippen molar-refractivity contribution in [1.29, 1.82) is 0 Å². The number of benzene rings is 8. The smallest absolute Gasteiger partial charge is 0.408 e. The lowest BCUT2D eigenvalue weighted by atomic mass is 9.83. The van der Waals surface area contributed by atoms with Gasteiger partial charge in [0, 0.05) is 38.8 Å². The third kappa shape index (κ3) is 7.47. The molecular weight excluding hydrogens is 839 g/mol. The van der Waals surface area contributed by atoms with Crippen LogP contribution in [0.5, 0.6) is 28.7 Å². The van der Waals surface area contributed by atoms with Gasteiger partial charge in [0.05, 0.1) is 11.1 Å². The molecule has 0 amide bonds. The molecule has 8 aromatic rings. The van der Waals surface area contributed by atoms with E-state index in [4.69, 9.17) is 27.1 Å². The van der Waals surface area contributed by atoms with Crippen molar-refractivity contribution in [1.82, 2.24) is 0 Å². The second-order valence-corrected chi connectivity index (χ2v) is 17.2. The van der Waals surface area contributed by atoms with Gasteiger partial charge < -0.3 is 27.1 Å². The quantitative estimate of drug-likeness (QED) is 0.112. The summed E-state index contributed by atoms with van der Waals surface area (Å²) in [6, 6.07) is 50.8. The van der Waals surface area contributed by atoms with Crippen molar-refractivity contribution in [3.63, 3.8) is 0 Å². The molecule has 0 spiro atoms. The molecule has 0 saturated carbocycles. The molecular formula is C54H36O8P2. The SMILES string of the molecule is O=C1c2cccc(OP(OC3=CC=CC4CC=CC=C34)Oc3cccc4ccccc34)c2C(=O)c2c(OP(Oc3cccc4ccccc34)Oc3cccc4ccccc34)cccc21. The highest BCUT2D eigenvalue weighted by molar-refractivity contribution is 7.43. The Bertz CT molecular complexity index is 3200. The van der Waals surface area contributed by atoms with E-state index < -0.39 is 23.0 Å². The van der Waals surface area contributed by atoms with E-state index in [1.165, 1.54) is 0 Å². The molecule has 3 aliphatic rings. The first kappa shape index (κ1) is 39.4. The number of hydrogen-bond donors (Lipinski definition) is 0. The van der Waals surface area contributed by atoms with Gasteiger partial charge in [0.2, 0.25) is 5.78 Å². The normalized spacial score (nSPS) is 15.5. The molecule has 2 atom stereocenters. The fourth-order valence-electron chi connectivity index (χ4n) is 8.30. The largest absolute Gasteiger partial charge is 0.530 e. The van der Waals surface area contributed by atoms with Crippen LogP contribution >= 0.6 is 17.2 Å². The number of hydrogen-bond acceptors (Lipinski definition) is 8. The number of allylic oxidation sites excluding steroid dienone is 7. The standard InChI is InChI=1S/C54H36O8P2/c55-53-43-27-13-33-49(61-63(57-45-29-9-19-35-15-1-5-23-39(35)45)58-46-30-10-20-36-16-2-6-24-40(36)46)51(43)54(56)52-44(53)28-14-34-50(52)62-64(59-47-31-11-21-37-17-3-7-25-41(37)47)60-48-32-12-22-38-18-4-8-26-42(38)48/h1-17,19-34,38H,18H2. The van der Waals surface area contributed by atoms with Gasteiger partial charge in [-0.15, -0.1) is 0 Å². The zero-order valence-electron chi connectivity index (χ0n) is 34.0. The van der Waals surface area contributed by atoms with Crippen molar-refractivity contribution in [2.75, 3.05) is 0 Å². The average Bonchev–Trinajstić information content (AvgIpc) is 3.33. The number of carbonyl (C=O) groups is 2. The van der Waals surface area contributed by atoms with Gasteiger partial charge in [0.15, 0.2) is 5.78 Å². The van der Waals surface area contributed by atoms with Gasteiger partial charge in [-0.3, -0.25) is 9.59 Å². The van der Waals surface area contributed by atoms with Gasteiger partial charge in [-0.25, -0.2) is 0 Å². The van der Waals surface area contributed by atoms with E-state index in [0.717, 1.165) is 44.3 Å². The average molecular weight is 875 g/mol. The molecule has 310 valence electrons. The minimum absolute atomic E-state index is 0.0638. The van der Waals surface area contributed by atoms with E-state index in [2.05, 4.69) is 12.2 Å². The molecule has 2 unspecified atom stereocenters. The van der Waals surface area contributed by atoms with Gasteiger partial charge >= 0.3 is 17.2 Å². The highest BCUT2D eigenvalue weighted by Crippen LogP contribution is 2.52. The molecule has 0 aromatic heterocycles. The van der Waals surface area contributed by atoms with E-state index in [1.54, 1.807) is 36.4 Å². The van der Waals surface area contributed by atoms with E-state index in [9.17, 15) is 4.79 Å². The van der Waals surface area contributed by atoms with Crippen LogP contribution < -0.4 is 22.6 Å². The summed E-state index contributed by atoms with van der Waals surface area (Å²) in [5.74, 6) is 1.77. The van der Waals surface area contributed by atoms with Gasteiger partial charge in [0.25, 0.3) is 0 Å². The van der Waals surface area contributed by atoms with Crippen LogP contribution in [0.3, 0.4) is 0 Å². The third-order valence-electron chi connectivity index (χ3n) is 11.4. The molecule has 3 aliphatic carbocycles. The van der Waals surface area contributed by atoms with E-state index in [0.29, 0.717) is 23.0 Å². The number of fused-ring (bicyclic) bond motifs is 6. The summed E-state index contributed by atoms with van der Waals surface area (Å²) < 4.78 is 39.9. The molecule has 0 heterocycles. The Morgan fingerprint density at radius 1 is 0.406 bits per heavy atom. The second kappa shape index (κ2) is 17.0. The maximum atomic E-state index is 15.1. The molecule has 0 bridgehead atoms. The molecule has 8 nitrogen and oxygen atoms in total. The Morgan fingerprint density at radius 3 is 1.34 bits per heavy atom. The molecule has 10 heteroatoms. The van der Waals surface area contributed by atoms with Crippen LogP contribution in [-0.4, -0.2) is 11.6 Å². The Labute approximate surface area is 371 Å². The zero-order chi connectivity index (χ0) is 43.0. The molecule has 11 rings (SSSR count). The van der Waals surface area contributed by atoms with Gasteiger partial charge in [-0.2, -0.15) is 0 Å². The molecule has 0 aliphatic heterocycles. The molecule has 0 N–H and O–H groups in total. The van der Waals surface area contributed by atoms with Crippen LogP contribution in [-0.2, 0) is 4.52 Å². The summed E-state index contributed by atoms with van der Waals surface area (Å²) in [6.45, 7) is 0. The maximum Gasteiger partial charge on any atom is 0.530 e. The first-order chi connectivity index (χ1) is 31.6. The van der Waals surface area contributed by atoms with Crippen molar-refractivity contribution in [3.8, 4) is 28.7 Å². The van der Waals surface area contributed by atoms with Crippen molar-refractivity contribution >= 4 is 61.1 Å². The zero-order valence-corrected chi connectivity index (χ0v) is 35.8. The lowest BCUT2D eigenvalue weighted by Crippen LogP contribution is -2.23. The summed E-state index contributed by atoms with van der Waals surface area (Å²) in [4.78, 5) is 29.6. The first-order valence-electron chi connectivity index (χ1n) is 20.8. The van der Waals surface area contributed by atoms with Crippen molar-refractivity contribution in [2.45, 2.75) is 6.42 Å². The van der Waals surface area contributed by atoms with E-state index in [1.807, 2.05) is 152 Å². The van der Waals surface area contributed by atoms with Crippen molar-refractivity contribution < 1.29 is 36.7 Å². The number of rotatable bonds is 12. The Hall–Kier alpha value is -7.50. The third-order valence-corrected chi connectivity index (χ3v) is 13.4. The maximum absolute atomic E-state index is 15.1. The fraction of sp³-hybridized carbons (Fsp3) is 0.0370. The monoisotopic (exact) mass is 874 g/mol. The molecule has 64 heavy (non-hydrogen) atoms. The molecule has 0 radical (unpaired) electrons. The summed E-state index contributed by atoms with van der Waals surface area (Å²) in [7, 11) is -4.55. The van der Waals surface area contributed by atoms with E-state index in [-0.39, 0.29) is 45.5 Å². The fourth-order valence-corrected chi connectivity index (χ4v) is 10.4. The number of ketones is 2. The topological polar surface area (TPSA) is 89.5 Å². The Kier molecular flexibility index (Phi) is 10.4. The molecule has 0 saturated heterocycles. The Morgan fingerprint density at radius 2 is 0.828 bits per heavy atom. The Balaban J connectivity index is 0.969. The van der Waals surface area contributed by atoms with E-state index >= 15 is 4.79 Å². The van der Waals surface area contributed by atoms with Crippen LogP contribution in [0.2, 0.25) is 0 Å². The van der Waals surface area contributed by atoms with Crippen molar-refractivity contribution in [3.05, 3.63) is 234 Å². The van der Waals surface area contributed by atoms with Crippen LogP contribution in [0, 0.1) is 5.92 Å².